The Kier molecular flexibility index (Phi) is 9.50. The Morgan fingerprint density at radius 2 is 0.769 bits per heavy atom. The van der Waals surface area contributed by atoms with Crippen LogP contribution in [0, 0.1) is 0 Å². The fourth-order valence-corrected chi connectivity index (χ4v) is 9.81. The summed E-state index contributed by atoms with van der Waals surface area (Å²) < 4.78 is 2.51. The average molecular weight is 828 g/mol. The van der Waals surface area contributed by atoms with Crippen molar-refractivity contribution < 1.29 is 0 Å². The van der Waals surface area contributed by atoms with Crippen molar-refractivity contribution in [3.05, 3.63) is 249 Å². The first-order valence-electron chi connectivity index (χ1n) is 22.2. The molecule has 2 heterocycles. The normalized spacial score (nSPS) is 11.4. The number of rotatable bonds is 8. The summed E-state index contributed by atoms with van der Waals surface area (Å²) in [6.07, 6.45) is 0. The molecule has 0 amide bonds. The van der Waals surface area contributed by atoms with Crippen LogP contribution in [0.4, 0.5) is 0 Å². The molecule has 0 fully saturated rings. The van der Waals surface area contributed by atoms with E-state index in [0.717, 1.165) is 77.8 Å². The van der Waals surface area contributed by atoms with Gasteiger partial charge in [0.05, 0.1) is 22.2 Å². The van der Waals surface area contributed by atoms with Crippen molar-refractivity contribution in [1.29, 1.82) is 0 Å². The predicted octanol–water partition coefficient (Wildman–Crippen LogP) is 16.4. The number of hydrogen-bond acceptors (Lipinski definition) is 2. The second kappa shape index (κ2) is 16.2. The number of fused-ring (bicyclic) bond motifs is 4. The molecular formula is C62H41N3. The largest absolute Gasteiger partial charge is 0.309 e. The van der Waals surface area contributed by atoms with Gasteiger partial charge in [-0.3, -0.25) is 0 Å². The van der Waals surface area contributed by atoms with Gasteiger partial charge in [-0.2, -0.15) is 0 Å². The highest BCUT2D eigenvalue weighted by atomic mass is 15.0. The van der Waals surface area contributed by atoms with Crippen LogP contribution in [-0.2, 0) is 0 Å². The third-order valence-electron chi connectivity index (χ3n) is 12.6. The molecule has 0 aliphatic heterocycles. The van der Waals surface area contributed by atoms with Gasteiger partial charge >= 0.3 is 0 Å². The zero-order chi connectivity index (χ0) is 43.1. The van der Waals surface area contributed by atoms with E-state index >= 15 is 0 Å². The molecule has 0 aliphatic carbocycles. The van der Waals surface area contributed by atoms with Crippen LogP contribution >= 0.6 is 0 Å². The predicted molar refractivity (Wildman–Crippen MR) is 272 cm³/mol. The molecule has 0 bridgehead atoms. The van der Waals surface area contributed by atoms with Gasteiger partial charge in [-0.05, 0) is 69.3 Å². The van der Waals surface area contributed by atoms with Gasteiger partial charge in [0.2, 0.25) is 0 Å². The molecule has 0 atom stereocenters. The molecule has 0 unspecified atom stereocenters. The zero-order valence-corrected chi connectivity index (χ0v) is 35.5. The van der Waals surface area contributed by atoms with Crippen LogP contribution in [0.1, 0.15) is 0 Å². The summed E-state index contributed by atoms with van der Waals surface area (Å²) in [6, 6.07) is 89.1. The number of benzene rings is 10. The maximum Gasteiger partial charge on any atom is 0.160 e. The second-order valence-electron chi connectivity index (χ2n) is 16.4. The third kappa shape index (κ3) is 6.61. The van der Waals surface area contributed by atoms with E-state index in [2.05, 4.69) is 235 Å². The minimum atomic E-state index is 0.710. The van der Waals surface area contributed by atoms with Crippen molar-refractivity contribution in [1.82, 2.24) is 14.5 Å². The zero-order valence-electron chi connectivity index (χ0n) is 35.5. The average Bonchev–Trinajstić information content (AvgIpc) is 3.74. The number of hydrogen-bond donors (Lipinski definition) is 0. The molecule has 3 heteroatoms. The van der Waals surface area contributed by atoms with Crippen molar-refractivity contribution >= 4 is 32.7 Å². The fraction of sp³-hybridized carbons (Fsp3) is 0. The van der Waals surface area contributed by atoms with E-state index in [0.29, 0.717) is 5.82 Å². The summed E-state index contributed by atoms with van der Waals surface area (Å²) >= 11 is 0. The van der Waals surface area contributed by atoms with E-state index in [1.54, 1.807) is 0 Å². The lowest BCUT2D eigenvalue weighted by Gasteiger charge is -2.24. The number of aromatic nitrogens is 3. The van der Waals surface area contributed by atoms with Crippen molar-refractivity contribution in [2.24, 2.45) is 0 Å². The summed E-state index contributed by atoms with van der Waals surface area (Å²) in [5.41, 5.74) is 18.9. The molecule has 65 heavy (non-hydrogen) atoms. The summed E-state index contributed by atoms with van der Waals surface area (Å²) in [5, 5.41) is 3.41. The topological polar surface area (TPSA) is 30.7 Å². The molecule has 0 radical (unpaired) electrons. The molecule has 10 aromatic carbocycles. The van der Waals surface area contributed by atoms with Gasteiger partial charge in [0, 0.05) is 49.7 Å². The van der Waals surface area contributed by atoms with E-state index in [4.69, 9.17) is 9.97 Å². The van der Waals surface area contributed by atoms with E-state index in [1.165, 1.54) is 33.0 Å². The highest BCUT2D eigenvalue weighted by Gasteiger charge is 2.30. The Balaban J connectivity index is 1.27. The number of para-hydroxylation sites is 2. The molecule has 12 rings (SSSR count). The smallest absolute Gasteiger partial charge is 0.160 e. The van der Waals surface area contributed by atoms with Crippen LogP contribution in [0.5, 0.6) is 0 Å². The van der Waals surface area contributed by atoms with E-state index in [1.807, 2.05) is 18.2 Å². The van der Waals surface area contributed by atoms with E-state index < -0.39 is 0 Å². The van der Waals surface area contributed by atoms with Crippen LogP contribution in [-0.4, -0.2) is 14.5 Å². The Labute approximate surface area is 378 Å². The SMILES string of the molecule is c1ccc(-c2nc(-c3cccc(-c4cccc5c4c4c(-c6ccccc6)c(-c6ccccc6)c(-c6ccccc6)c(-c6ccccc6)c4n5-c4ccccc4)c3)c3ccccc3n2)cc1. The molecule has 3 nitrogen and oxygen atoms in total. The van der Waals surface area contributed by atoms with Gasteiger partial charge < -0.3 is 4.57 Å². The van der Waals surface area contributed by atoms with Gasteiger partial charge in [0.1, 0.15) is 0 Å². The maximum absolute atomic E-state index is 5.30. The Hall–Kier alpha value is -8.66. The molecule has 0 spiro atoms. The Morgan fingerprint density at radius 3 is 1.38 bits per heavy atom. The van der Waals surface area contributed by atoms with Crippen molar-refractivity contribution in [2.45, 2.75) is 0 Å². The quantitative estimate of drug-likeness (QED) is 0.153. The number of nitrogens with zero attached hydrogens (tertiary/aromatic N) is 3. The first kappa shape index (κ1) is 38.0. The van der Waals surface area contributed by atoms with Crippen molar-refractivity contribution in [3.8, 4) is 84.0 Å². The fourth-order valence-electron chi connectivity index (χ4n) is 9.81. The van der Waals surface area contributed by atoms with Crippen LogP contribution < -0.4 is 0 Å². The van der Waals surface area contributed by atoms with Gasteiger partial charge in [-0.25, -0.2) is 9.97 Å². The Bertz CT molecular complexity index is 3660. The van der Waals surface area contributed by atoms with Gasteiger partial charge in [-0.15, -0.1) is 0 Å². The first-order valence-corrected chi connectivity index (χ1v) is 22.2. The van der Waals surface area contributed by atoms with Crippen LogP contribution in [0.2, 0.25) is 0 Å². The van der Waals surface area contributed by atoms with Crippen molar-refractivity contribution in [3.63, 3.8) is 0 Å². The van der Waals surface area contributed by atoms with Gasteiger partial charge in [-0.1, -0.05) is 218 Å². The highest BCUT2D eigenvalue weighted by Crippen LogP contribution is 2.55. The first-order chi connectivity index (χ1) is 32.3. The second-order valence-corrected chi connectivity index (χ2v) is 16.4. The molecule has 12 aromatic rings. The van der Waals surface area contributed by atoms with E-state index in [9.17, 15) is 0 Å². The van der Waals surface area contributed by atoms with Gasteiger partial charge in [0.25, 0.3) is 0 Å². The molecule has 0 N–H and O–H groups in total. The molecule has 0 saturated heterocycles. The lowest BCUT2D eigenvalue weighted by molar-refractivity contribution is 1.18. The standard InChI is InChI=1S/C62H41N3/c1-7-23-42(24-8-1)54-55(43-25-9-2-10-26-43)57(45-29-13-4-14-30-45)61-59(56(54)44-27-11-3-12-28-44)58-50(38-22-40-53(58)65(61)49-35-17-6-18-36-49)47-33-21-34-48(41-47)60-51-37-19-20-39-52(51)63-62(64-60)46-31-15-5-16-32-46/h1-41H. The maximum atomic E-state index is 5.30. The highest BCUT2D eigenvalue weighted by molar-refractivity contribution is 6.29. The monoisotopic (exact) mass is 827 g/mol. The lowest BCUT2D eigenvalue weighted by atomic mass is 9.79. The minimum Gasteiger partial charge on any atom is -0.309 e. The molecule has 0 saturated carbocycles. The van der Waals surface area contributed by atoms with Crippen molar-refractivity contribution in [2.75, 3.05) is 0 Å². The summed E-state index contributed by atoms with van der Waals surface area (Å²) in [6.45, 7) is 0. The third-order valence-corrected chi connectivity index (χ3v) is 12.6. The molecular weight excluding hydrogens is 787 g/mol. The van der Waals surface area contributed by atoms with E-state index in [-0.39, 0.29) is 0 Å². The molecule has 304 valence electrons. The Morgan fingerprint density at radius 1 is 0.308 bits per heavy atom. The van der Waals surface area contributed by atoms with Gasteiger partial charge in [0.15, 0.2) is 5.82 Å². The summed E-state index contributed by atoms with van der Waals surface area (Å²) in [7, 11) is 0. The molecule has 0 aliphatic rings. The summed E-state index contributed by atoms with van der Waals surface area (Å²) in [5.74, 6) is 0.710. The van der Waals surface area contributed by atoms with Crippen LogP contribution in [0.25, 0.3) is 117 Å². The molecule has 2 aromatic heterocycles. The van der Waals surface area contributed by atoms with Crippen LogP contribution in [0.15, 0.2) is 249 Å². The lowest BCUT2D eigenvalue weighted by Crippen LogP contribution is -2.00. The minimum absolute atomic E-state index is 0.710. The summed E-state index contributed by atoms with van der Waals surface area (Å²) in [4.78, 5) is 10.3. The van der Waals surface area contributed by atoms with Crippen LogP contribution in [0.3, 0.4) is 0 Å².